The van der Waals surface area contributed by atoms with E-state index in [2.05, 4.69) is 31.4 Å². The van der Waals surface area contributed by atoms with Crippen LogP contribution >= 0.6 is 0 Å². The van der Waals surface area contributed by atoms with Crippen molar-refractivity contribution in [3.8, 4) is 0 Å². The molecule has 1 N–H and O–H groups in total. The summed E-state index contributed by atoms with van der Waals surface area (Å²) in [7, 11) is 3.90. The van der Waals surface area contributed by atoms with Gasteiger partial charge in [-0.3, -0.25) is 9.67 Å². The van der Waals surface area contributed by atoms with E-state index in [-0.39, 0.29) is 0 Å². The van der Waals surface area contributed by atoms with E-state index < -0.39 is 0 Å². The van der Waals surface area contributed by atoms with Crippen LogP contribution in [0.15, 0.2) is 17.4 Å². The molecule has 6 nitrogen and oxygen atoms in total. The van der Waals surface area contributed by atoms with Gasteiger partial charge in [0.05, 0.1) is 6.20 Å². The van der Waals surface area contributed by atoms with E-state index in [1.54, 1.807) is 0 Å². The molecule has 2 saturated heterocycles. The standard InChI is InChI=1S/C21H38N6/c1-22-21(23-10-5-3-6-11-26-12-7-4-8-13-26)27-14-9-19(18-27)15-20-16-24-25(2)17-20/h16-17,19H,3-15,18H2,1-2H3,(H,22,23). The van der Waals surface area contributed by atoms with Crippen LogP contribution in [0.5, 0.6) is 0 Å². The highest BCUT2D eigenvalue weighted by atomic mass is 15.3. The van der Waals surface area contributed by atoms with E-state index in [4.69, 9.17) is 0 Å². The molecule has 6 heteroatoms. The third-order valence-corrected chi connectivity index (χ3v) is 5.96. The minimum absolute atomic E-state index is 0.706. The summed E-state index contributed by atoms with van der Waals surface area (Å²) in [5.41, 5.74) is 1.35. The Morgan fingerprint density at radius 3 is 2.78 bits per heavy atom. The minimum Gasteiger partial charge on any atom is -0.356 e. The number of guanidine groups is 1. The SMILES string of the molecule is CN=C(NCCCCCN1CCCCC1)N1CCC(Cc2cnn(C)c2)C1. The number of hydrogen-bond donors (Lipinski definition) is 1. The van der Waals surface area contributed by atoms with Crippen LogP contribution in [-0.2, 0) is 13.5 Å². The third kappa shape index (κ3) is 6.52. The van der Waals surface area contributed by atoms with E-state index in [1.165, 1.54) is 70.1 Å². The van der Waals surface area contributed by atoms with Gasteiger partial charge in [0.2, 0.25) is 0 Å². The number of hydrogen-bond acceptors (Lipinski definition) is 3. The van der Waals surface area contributed by atoms with E-state index in [1.807, 2.05) is 25.0 Å². The lowest BCUT2D eigenvalue weighted by molar-refractivity contribution is 0.224. The fourth-order valence-corrected chi connectivity index (χ4v) is 4.45. The van der Waals surface area contributed by atoms with Crippen molar-refractivity contribution in [2.45, 2.75) is 51.4 Å². The molecule has 0 aliphatic carbocycles. The zero-order valence-electron chi connectivity index (χ0n) is 17.4. The maximum atomic E-state index is 4.51. The summed E-state index contributed by atoms with van der Waals surface area (Å²) in [4.78, 5) is 9.58. The van der Waals surface area contributed by atoms with Gasteiger partial charge in [-0.15, -0.1) is 0 Å². The number of aromatic nitrogens is 2. The number of nitrogens with zero attached hydrogens (tertiary/aromatic N) is 5. The van der Waals surface area contributed by atoms with Crippen LogP contribution in [0, 0.1) is 5.92 Å². The predicted molar refractivity (Wildman–Crippen MR) is 112 cm³/mol. The Morgan fingerprint density at radius 1 is 1.19 bits per heavy atom. The second kappa shape index (κ2) is 10.7. The Bertz CT molecular complexity index is 575. The monoisotopic (exact) mass is 374 g/mol. The van der Waals surface area contributed by atoms with Gasteiger partial charge in [0.1, 0.15) is 0 Å². The van der Waals surface area contributed by atoms with Crippen molar-refractivity contribution >= 4 is 5.96 Å². The maximum absolute atomic E-state index is 4.51. The van der Waals surface area contributed by atoms with Crippen LogP contribution < -0.4 is 5.32 Å². The molecule has 1 aromatic heterocycles. The van der Waals surface area contributed by atoms with Crippen molar-refractivity contribution in [3.63, 3.8) is 0 Å². The van der Waals surface area contributed by atoms with Crippen LogP contribution in [-0.4, -0.2) is 71.9 Å². The second-order valence-electron chi connectivity index (χ2n) is 8.26. The molecule has 3 rings (SSSR count). The molecule has 0 amide bonds. The van der Waals surface area contributed by atoms with E-state index in [0.717, 1.165) is 32.0 Å². The van der Waals surface area contributed by atoms with Crippen LogP contribution in [0.4, 0.5) is 0 Å². The van der Waals surface area contributed by atoms with Crippen molar-refractivity contribution in [2.24, 2.45) is 18.0 Å². The van der Waals surface area contributed by atoms with Gasteiger partial charge in [0.15, 0.2) is 5.96 Å². The average Bonchev–Trinajstić information content (AvgIpc) is 3.31. The van der Waals surface area contributed by atoms with Crippen molar-refractivity contribution < 1.29 is 0 Å². The van der Waals surface area contributed by atoms with Gasteiger partial charge < -0.3 is 15.1 Å². The molecule has 0 radical (unpaired) electrons. The van der Waals surface area contributed by atoms with Crippen LogP contribution in [0.25, 0.3) is 0 Å². The fourth-order valence-electron chi connectivity index (χ4n) is 4.45. The highest BCUT2D eigenvalue weighted by Crippen LogP contribution is 2.20. The number of aliphatic imine (C=N–C) groups is 1. The Kier molecular flexibility index (Phi) is 7.99. The molecule has 0 spiro atoms. The quantitative estimate of drug-likeness (QED) is 0.432. The first-order chi connectivity index (χ1) is 13.2. The molecular weight excluding hydrogens is 336 g/mol. The maximum Gasteiger partial charge on any atom is 0.193 e. The lowest BCUT2D eigenvalue weighted by Crippen LogP contribution is -2.40. The normalized spacial score (nSPS) is 21.8. The molecule has 0 saturated carbocycles. The van der Waals surface area contributed by atoms with Crippen LogP contribution in [0.1, 0.15) is 50.5 Å². The van der Waals surface area contributed by atoms with Gasteiger partial charge in [-0.2, -0.15) is 5.10 Å². The molecular formula is C21H38N6. The average molecular weight is 375 g/mol. The first-order valence-corrected chi connectivity index (χ1v) is 10.9. The highest BCUT2D eigenvalue weighted by molar-refractivity contribution is 5.80. The zero-order chi connectivity index (χ0) is 18.9. The largest absolute Gasteiger partial charge is 0.356 e. The Morgan fingerprint density at radius 2 is 2.04 bits per heavy atom. The van der Waals surface area contributed by atoms with Crippen LogP contribution in [0.2, 0.25) is 0 Å². The molecule has 0 aromatic carbocycles. The fraction of sp³-hybridized carbons (Fsp3) is 0.810. The highest BCUT2D eigenvalue weighted by Gasteiger charge is 2.25. The molecule has 3 heterocycles. The molecule has 2 aliphatic rings. The summed E-state index contributed by atoms with van der Waals surface area (Å²) in [5.74, 6) is 1.79. The summed E-state index contributed by atoms with van der Waals surface area (Å²) in [6.07, 6.45) is 14.6. The third-order valence-electron chi connectivity index (χ3n) is 5.96. The van der Waals surface area contributed by atoms with Gasteiger partial charge >= 0.3 is 0 Å². The van der Waals surface area contributed by atoms with E-state index in [9.17, 15) is 0 Å². The summed E-state index contributed by atoms with van der Waals surface area (Å²) in [5, 5.41) is 7.87. The number of piperidine rings is 1. The Balaban J connectivity index is 1.28. The molecule has 2 aliphatic heterocycles. The number of aryl methyl sites for hydroxylation is 1. The van der Waals surface area contributed by atoms with Crippen molar-refractivity contribution in [1.29, 1.82) is 0 Å². The smallest absolute Gasteiger partial charge is 0.193 e. The molecule has 0 bridgehead atoms. The van der Waals surface area contributed by atoms with Gasteiger partial charge in [0, 0.05) is 39.9 Å². The van der Waals surface area contributed by atoms with Gasteiger partial charge in [-0.05, 0) is 69.6 Å². The number of likely N-dealkylation sites (tertiary alicyclic amines) is 2. The van der Waals surface area contributed by atoms with Crippen molar-refractivity contribution in [2.75, 3.05) is 46.3 Å². The number of nitrogens with one attached hydrogen (secondary N) is 1. The first kappa shape index (κ1) is 20.2. The lowest BCUT2D eigenvalue weighted by atomic mass is 10.0. The summed E-state index contributed by atoms with van der Waals surface area (Å²) < 4.78 is 1.90. The summed E-state index contributed by atoms with van der Waals surface area (Å²) in [6.45, 7) is 7.18. The summed E-state index contributed by atoms with van der Waals surface area (Å²) >= 11 is 0. The van der Waals surface area contributed by atoms with E-state index >= 15 is 0 Å². The van der Waals surface area contributed by atoms with Crippen molar-refractivity contribution in [1.82, 2.24) is 24.9 Å². The zero-order valence-corrected chi connectivity index (χ0v) is 17.4. The minimum atomic E-state index is 0.706. The van der Waals surface area contributed by atoms with E-state index in [0.29, 0.717) is 5.92 Å². The molecule has 1 unspecified atom stereocenters. The number of rotatable bonds is 8. The molecule has 1 atom stereocenters. The molecule has 2 fully saturated rings. The van der Waals surface area contributed by atoms with Crippen molar-refractivity contribution in [3.05, 3.63) is 18.0 Å². The van der Waals surface area contributed by atoms with Gasteiger partial charge in [-0.1, -0.05) is 12.8 Å². The molecule has 152 valence electrons. The lowest BCUT2D eigenvalue weighted by Gasteiger charge is -2.26. The van der Waals surface area contributed by atoms with Gasteiger partial charge in [0.25, 0.3) is 0 Å². The van der Waals surface area contributed by atoms with Gasteiger partial charge in [-0.25, -0.2) is 0 Å². The topological polar surface area (TPSA) is 48.7 Å². The predicted octanol–water partition coefficient (Wildman–Crippen LogP) is 2.52. The Hall–Kier alpha value is -1.56. The van der Waals surface area contributed by atoms with Crippen LogP contribution in [0.3, 0.4) is 0 Å². The molecule has 27 heavy (non-hydrogen) atoms. The number of unbranched alkanes of at least 4 members (excludes halogenated alkanes) is 2. The first-order valence-electron chi connectivity index (χ1n) is 10.9. The Labute approximate surface area is 165 Å². The second-order valence-corrected chi connectivity index (χ2v) is 8.26. The molecule has 1 aromatic rings. The summed E-state index contributed by atoms with van der Waals surface area (Å²) in [6, 6.07) is 0.